The van der Waals surface area contributed by atoms with E-state index in [1.165, 1.54) is 51.3 Å². The van der Waals surface area contributed by atoms with Gasteiger partial charge in [0.05, 0.1) is 17.4 Å². The molecule has 0 aliphatic carbocycles. The summed E-state index contributed by atoms with van der Waals surface area (Å²) in [5.41, 5.74) is 5.45. The highest BCUT2D eigenvalue weighted by molar-refractivity contribution is 7.90. The number of hydrogen-bond donors (Lipinski definition) is 6. The van der Waals surface area contributed by atoms with Crippen LogP contribution in [0.5, 0.6) is 0 Å². The zero-order chi connectivity index (χ0) is 23.1. The Hall–Kier alpha value is -1.64. The molecule has 31 heavy (non-hydrogen) atoms. The molecule has 0 aromatic heterocycles. The van der Waals surface area contributed by atoms with Gasteiger partial charge in [-0.2, -0.15) is 4.72 Å². The fourth-order valence-electron chi connectivity index (χ4n) is 3.30. The lowest BCUT2D eigenvalue weighted by molar-refractivity contribution is 0.251. The topological polar surface area (TPSA) is 183 Å². The van der Waals surface area contributed by atoms with Gasteiger partial charge in [0.2, 0.25) is 20.0 Å². The van der Waals surface area contributed by atoms with E-state index in [2.05, 4.69) is 20.3 Å². The highest BCUT2D eigenvalue weighted by atomic mass is 35.5. The maximum atomic E-state index is 11.6. The number of rotatable bonds is 4. The van der Waals surface area contributed by atoms with Crippen LogP contribution < -0.4 is 26.2 Å². The highest BCUT2D eigenvalue weighted by Crippen LogP contribution is 2.32. The fraction of sp³-hybridized carbons (Fsp3) is 0.588. The zero-order valence-electron chi connectivity index (χ0n) is 17.2. The number of nitrogens with two attached hydrogens (primary N) is 2. The van der Waals surface area contributed by atoms with Gasteiger partial charge in [0.15, 0.2) is 5.96 Å². The van der Waals surface area contributed by atoms with E-state index in [4.69, 9.17) is 27.9 Å². The summed E-state index contributed by atoms with van der Waals surface area (Å²) in [5.74, 6) is 0.0806. The van der Waals surface area contributed by atoms with Crippen molar-refractivity contribution in [3.63, 3.8) is 0 Å². The second kappa shape index (κ2) is 11.3. The molecule has 2 aliphatic heterocycles. The highest BCUT2D eigenvalue weighted by Gasteiger charge is 2.27. The van der Waals surface area contributed by atoms with Crippen LogP contribution in [0.2, 0.25) is 5.02 Å². The Morgan fingerprint density at radius 1 is 1.19 bits per heavy atom. The number of benzene rings is 1. The van der Waals surface area contributed by atoms with Gasteiger partial charge in [-0.25, -0.2) is 22.0 Å². The van der Waals surface area contributed by atoms with Crippen LogP contribution in [0.25, 0.3) is 0 Å². The number of fused-ring (bicyclic) bond motifs is 1. The van der Waals surface area contributed by atoms with Crippen molar-refractivity contribution in [3.05, 3.63) is 17.2 Å². The van der Waals surface area contributed by atoms with Crippen LogP contribution in [0.15, 0.2) is 21.9 Å². The molecule has 1 aromatic rings. The first-order valence-corrected chi connectivity index (χ1v) is 13.3. The van der Waals surface area contributed by atoms with Gasteiger partial charge in [-0.3, -0.25) is 5.41 Å². The summed E-state index contributed by atoms with van der Waals surface area (Å²) < 4.78 is 47.9. The SMILES string of the molecule is N=C(N)NCCN1CCCCCCC1.NS(=O)(=O)c1cc2c(cc1Cl)NCNS2(=O)=O. The van der Waals surface area contributed by atoms with E-state index in [0.29, 0.717) is 0 Å². The number of nitrogens with one attached hydrogen (secondary N) is 4. The van der Waals surface area contributed by atoms with Crippen LogP contribution in [0, 0.1) is 5.41 Å². The molecule has 0 unspecified atom stereocenters. The molecular formula is C17H30ClN7O4S2. The maximum absolute atomic E-state index is 11.6. The van der Waals surface area contributed by atoms with Crippen molar-refractivity contribution in [2.75, 3.05) is 38.2 Å². The number of hydrogen-bond acceptors (Lipinski definition) is 7. The normalized spacial score (nSPS) is 18.9. The van der Waals surface area contributed by atoms with Crippen LogP contribution in [0.1, 0.15) is 32.1 Å². The molecule has 1 aromatic carbocycles. The molecule has 0 radical (unpaired) electrons. The minimum absolute atomic E-state index is 0.0143. The molecule has 2 heterocycles. The molecule has 11 nitrogen and oxygen atoms in total. The van der Waals surface area contributed by atoms with Crippen molar-refractivity contribution in [2.45, 2.75) is 41.9 Å². The van der Waals surface area contributed by atoms with Gasteiger partial charge >= 0.3 is 0 Å². The van der Waals surface area contributed by atoms with E-state index in [1.54, 1.807) is 0 Å². The van der Waals surface area contributed by atoms with E-state index in [9.17, 15) is 16.8 Å². The van der Waals surface area contributed by atoms with E-state index in [1.807, 2.05) is 0 Å². The number of anilines is 1. The van der Waals surface area contributed by atoms with E-state index < -0.39 is 24.9 Å². The van der Waals surface area contributed by atoms with Crippen molar-refractivity contribution in [1.29, 1.82) is 5.41 Å². The molecule has 0 spiro atoms. The summed E-state index contributed by atoms with van der Waals surface area (Å²) in [6.07, 6.45) is 6.78. The molecular weight excluding hydrogens is 466 g/mol. The van der Waals surface area contributed by atoms with Gasteiger partial charge in [0, 0.05) is 13.1 Å². The number of nitrogens with zero attached hydrogens (tertiary/aromatic N) is 1. The molecule has 176 valence electrons. The molecule has 8 N–H and O–H groups in total. The number of likely N-dealkylation sites (tertiary alicyclic amines) is 1. The summed E-state index contributed by atoms with van der Waals surface area (Å²) in [5, 5.41) is 17.4. The van der Waals surface area contributed by atoms with Crippen LogP contribution in [0.4, 0.5) is 5.69 Å². The first kappa shape index (κ1) is 25.6. The lowest BCUT2D eigenvalue weighted by Gasteiger charge is -2.24. The predicted molar refractivity (Wildman–Crippen MR) is 121 cm³/mol. The van der Waals surface area contributed by atoms with E-state index >= 15 is 0 Å². The second-order valence-corrected chi connectivity index (χ2v) is 10.9. The Kier molecular flexibility index (Phi) is 9.33. The van der Waals surface area contributed by atoms with E-state index in [0.717, 1.165) is 19.2 Å². The summed E-state index contributed by atoms with van der Waals surface area (Å²) in [6.45, 7) is 4.24. The smallest absolute Gasteiger partial charge is 0.244 e. The fourth-order valence-corrected chi connectivity index (χ4v) is 5.59. The van der Waals surface area contributed by atoms with Crippen molar-refractivity contribution in [2.24, 2.45) is 10.9 Å². The Labute approximate surface area is 188 Å². The minimum atomic E-state index is -4.07. The largest absolute Gasteiger partial charge is 0.370 e. The second-order valence-electron chi connectivity index (χ2n) is 7.27. The third kappa shape index (κ3) is 8.09. The van der Waals surface area contributed by atoms with Crippen LogP contribution in [-0.2, 0) is 20.0 Å². The molecule has 1 saturated heterocycles. The maximum Gasteiger partial charge on any atom is 0.244 e. The molecule has 3 rings (SSSR count). The first-order valence-electron chi connectivity index (χ1n) is 9.91. The van der Waals surface area contributed by atoms with Gasteiger partial charge in [0.25, 0.3) is 0 Å². The zero-order valence-corrected chi connectivity index (χ0v) is 19.5. The number of sulfonamides is 2. The molecule has 14 heteroatoms. The van der Waals surface area contributed by atoms with Crippen molar-refractivity contribution in [1.82, 2.24) is 14.9 Å². The van der Waals surface area contributed by atoms with Crippen LogP contribution >= 0.6 is 11.6 Å². The number of primary sulfonamides is 1. The first-order chi connectivity index (χ1) is 14.5. The summed E-state index contributed by atoms with van der Waals surface area (Å²) in [4.78, 5) is 1.85. The van der Waals surface area contributed by atoms with Gasteiger partial charge in [0.1, 0.15) is 9.79 Å². The molecule has 0 saturated carbocycles. The average molecular weight is 496 g/mol. The quantitative estimate of drug-likeness (QED) is 0.256. The Morgan fingerprint density at radius 2 is 1.81 bits per heavy atom. The predicted octanol–water partition coefficient (Wildman–Crippen LogP) is 0.384. The monoisotopic (exact) mass is 495 g/mol. The van der Waals surface area contributed by atoms with Crippen molar-refractivity contribution in [3.8, 4) is 0 Å². The molecule has 0 bridgehead atoms. The Bertz CT molecular complexity index is 978. The minimum Gasteiger partial charge on any atom is -0.370 e. The summed E-state index contributed by atoms with van der Waals surface area (Å²) >= 11 is 5.72. The summed E-state index contributed by atoms with van der Waals surface area (Å²) in [7, 11) is -7.80. The number of guanidine groups is 1. The van der Waals surface area contributed by atoms with Crippen LogP contribution in [0.3, 0.4) is 0 Å². The molecule has 1 fully saturated rings. The lowest BCUT2D eigenvalue weighted by atomic mass is 10.1. The van der Waals surface area contributed by atoms with Crippen molar-refractivity contribution < 1.29 is 16.8 Å². The van der Waals surface area contributed by atoms with Gasteiger partial charge in [-0.1, -0.05) is 30.9 Å². The Balaban J connectivity index is 0.000000225. The van der Waals surface area contributed by atoms with Crippen molar-refractivity contribution >= 4 is 43.3 Å². The third-order valence-corrected chi connectivity index (χ3v) is 7.68. The van der Waals surface area contributed by atoms with Gasteiger partial charge < -0.3 is 21.3 Å². The molecule has 2 aliphatic rings. The Morgan fingerprint density at radius 3 is 2.39 bits per heavy atom. The van der Waals surface area contributed by atoms with Gasteiger partial charge in [-0.05, 0) is 38.1 Å². The standard InChI is InChI=1S/C10H22N4.C7H8ClN3O4S2/c11-10(12)13-6-9-14-7-4-2-1-3-5-8-14;8-4-1-5-7(2-6(4)16(9,12)13)17(14,15)11-3-10-5/h1-9H2,(H4,11,12,13);1-2,10-11H,3H2,(H2,9,12,13). The van der Waals surface area contributed by atoms with E-state index in [-0.39, 0.29) is 28.2 Å². The van der Waals surface area contributed by atoms with Crippen LogP contribution in [-0.4, -0.2) is 60.5 Å². The molecule has 0 atom stereocenters. The average Bonchev–Trinajstić information content (AvgIpc) is 2.62. The lowest BCUT2D eigenvalue weighted by Crippen LogP contribution is -2.38. The van der Waals surface area contributed by atoms with Gasteiger partial charge in [-0.15, -0.1) is 0 Å². The molecule has 0 amide bonds. The summed E-state index contributed by atoms with van der Waals surface area (Å²) in [6, 6.07) is 2.15. The third-order valence-electron chi connectivity index (χ3n) is 4.86. The number of halogens is 1.